The number of hydrogen-bond acceptors (Lipinski definition) is 4. The van der Waals surface area contributed by atoms with Crippen LogP contribution in [0.3, 0.4) is 0 Å². The van der Waals surface area contributed by atoms with E-state index in [1.165, 1.54) is 6.07 Å². The average molecular weight is 373 g/mol. The van der Waals surface area contributed by atoms with Gasteiger partial charge in [-0.05, 0) is 47.5 Å². The second-order valence-corrected chi connectivity index (χ2v) is 7.46. The van der Waals surface area contributed by atoms with E-state index in [0.717, 1.165) is 0 Å². The van der Waals surface area contributed by atoms with Crippen molar-refractivity contribution in [2.24, 2.45) is 0 Å². The largest absolute Gasteiger partial charge is 0.398 e. The number of nitrogen functional groups attached to an aromatic ring is 1. The third-order valence-corrected chi connectivity index (χ3v) is 5.40. The predicted octanol–water partition coefficient (Wildman–Crippen LogP) is 1.90. The van der Waals surface area contributed by atoms with Crippen molar-refractivity contribution in [3.05, 3.63) is 40.9 Å². The number of rotatable bonds is 5. The fraction of sp³-hybridized carbons (Fsp3) is 0.308. The summed E-state index contributed by atoms with van der Waals surface area (Å²) in [5.74, 6) is 0. The molecule has 114 valence electrons. The lowest BCUT2D eigenvalue weighted by atomic mass is 10.2. The molecule has 1 aromatic heterocycles. The average Bonchev–Trinajstić information content (AvgIpc) is 2.85. The Morgan fingerprint density at radius 1 is 1.48 bits per heavy atom. The number of nitrogens with one attached hydrogen (secondary N) is 1. The Morgan fingerprint density at radius 2 is 2.19 bits per heavy atom. The topological polar surface area (TPSA) is 90.0 Å². The zero-order chi connectivity index (χ0) is 15.6. The van der Waals surface area contributed by atoms with E-state index in [2.05, 4.69) is 25.6 Å². The maximum Gasteiger partial charge on any atom is 0.241 e. The summed E-state index contributed by atoms with van der Waals surface area (Å²) < 4.78 is 30.0. The molecule has 0 fully saturated rings. The molecule has 2 rings (SSSR count). The van der Waals surface area contributed by atoms with Crippen molar-refractivity contribution in [2.75, 3.05) is 5.73 Å². The highest BCUT2D eigenvalue weighted by Crippen LogP contribution is 2.26. The highest BCUT2D eigenvalue weighted by Gasteiger charge is 2.20. The predicted molar refractivity (Wildman–Crippen MR) is 85.3 cm³/mol. The molecule has 2 aromatic rings. The summed E-state index contributed by atoms with van der Waals surface area (Å²) in [4.78, 5) is 4.12. The smallest absolute Gasteiger partial charge is 0.241 e. The first kappa shape index (κ1) is 16.0. The Morgan fingerprint density at radius 3 is 2.81 bits per heavy atom. The van der Waals surface area contributed by atoms with Gasteiger partial charge in [-0.1, -0.05) is 0 Å². The van der Waals surface area contributed by atoms with Crippen LogP contribution in [-0.2, 0) is 16.6 Å². The number of imidazole rings is 1. The molecule has 0 aliphatic carbocycles. The van der Waals surface area contributed by atoms with Crippen molar-refractivity contribution < 1.29 is 8.42 Å². The molecule has 21 heavy (non-hydrogen) atoms. The molecule has 0 saturated heterocycles. The number of nitrogens with two attached hydrogens (primary N) is 1. The van der Waals surface area contributed by atoms with Crippen LogP contribution in [0, 0.1) is 6.92 Å². The third-order valence-electron chi connectivity index (χ3n) is 2.98. The molecule has 8 heteroatoms. The van der Waals surface area contributed by atoms with E-state index < -0.39 is 10.0 Å². The normalized spacial score (nSPS) is 13.3. The van der Waals surface area contributed by atoms with Crippen LogP contribution in [0.4, 0.5) is 5.69 Å². The molecule has 0 spiro atoms. The van der Waals surface area contributed by atoms with Crippen LogP contribution >= 0.6 is 15.9 Å². The monoisotopic (exact) mass is 372 g/mol. The second-order valence-electron chi connectivity index (χ2n) is 4.92. The summed E-state index contributed by atoms with van der Waals surface area (Å²) in [6.45, 7) is 4.04. The molecule has 3 N–H and O–H groups in total. The van der Waals surface area contributed by atoms with E-state index >= 15 is 0 Å². The minimum atomic E-state index is -3.62. The molecule has 1 unspecified atom stereocenters. The first-order valence-electron chi connectivity index (χ1n) is 6.33. The molecule has 0 saturated carbocycles. The molecule has 1 atom stereocenters. The van der Waals surface area contributed by atoms with E-state index in [0.29, 0.717) is 22.3 Å². The van der Waals surface area contributed by atoms with E-state index in [-0.39, 0.29) is 10.9 Å². The zero-order valence-electron chi connectivity index (χ0n) is 11.7. The minimum absolute atomic E-state index is 0.195. The van der Waals surface area contributed by atoms with Crippen molar-refractivity contribution in [1.29, 1.82) is 0 Å². The molecular weight excluding hydrogens is 356 g/mol. The SMILES string of the molecule is Cc1cc(Br)c(N)cc1S(=O)(=O)NC(C)Cn1ccnc1. The van der Waals surface area contributed by atoms with Gasteiger partial charge in [0.05, 0.1) is 11.2 Å². The van der Waals surface area contributed by atoms with Gasteiger partial charge in [0, 0.05) is 35.1 Å². The van der Waals surface area contributed by atoms with Gasteiger partial charge in [-0.3, -0.25) is 0 Å². The Balaban J connectivity index is 2.20. The first-order chi connectivity index (χ1) is 9.79. The summed E-state index contributed by atoms with van der Waals surface area (Å²) in [6, 6.07) is 2.89. The first-order valence-corrected chi connectivity index (χ1v) is 8.61. The van der Waals surface area contributed by atoms with Crippen molar-refractivity contribution in [2.45, 2.75) is 31.3 Å². The highest BCUT2D eigenvalue weighted by atomic mass is 79.9. The Hall–Kier alpha value is -1.38. The quantitative estimate of drug-likeness (QED) is 0.784. The fourth-order valence-corrected chi connectivity index (χ4v) is 3.99. The van der Waals surface area contributed by atoms with Crippen LogP contribution in [0.1, 0.15) is 12.5 Å². The van der Waals surface area contributed by atoms with Gasteiger partial charge in [0.15, 0.2) is 0 Å². The summed E-state index contributed by atoms with van der Waals surface area (Å²) >= 11 is 3.29. The number of anilines is 1. The van der Waals surface area contributed by atoms with Crippen LogP contribution < -0.4 is 10.5 Å². The number of aryl methyl sites for hydroxylation is 1. The lowest BCUT2D eigenvalue weighted by Crippen LogP contribution is -2.35. The molecular formula is C13H17BrN4O2S. The maximum atomic E-state index is 12.4. The summed E-state index contributed by atoms with van der Waals surface area (Å²) in [7, 11) is -3.62. The van der Waals surface area contributed by atoms with Gasteiger partial charge in [-0.25, -0.2) is 18.1 Å². The lowest BCUT2D eigenvalue weighted by Gasteiger charge is -2.16. The van der Waals surface area contributed by atoms with E-state index in [9.17, 15) is 8.42 Å². The van der Waals surface area contributed by atoms with E-state index in [1.807, 2.05) is 4.57 Å². The van der Waals surface area contributed by atoms with Crippen LogP contribution in [0.15, 0.2) is 40.2 Å². The van der Waals surface area contributed by atoms with Gasteiger partial charge in [-0.2, -0.15) is 0 Å². The molecule has 0 aliphatic rings. The van der Waals surface area contributed by atoms with Crippen LogP contribution in [-0.4, -0.2) is 24.0 Å². The Labute approximate surface area is 132 Å². The van der Waals surface area contributed by atoms with Crippen molar-refractivity contribution in [1.82, 2.24) is 14.3 Å². The maximum absolute atomic E-state index is 12.4. The van der Waals surface area contributed by atoms with Gasteiger partial charge < -0.3 is 10.3 Å². The molecule has 0 amide bonds. The van der Waals surface area contributed by atoms with E-state index in [4.69, 9.17) is 5.73 Å². The number of benzene rings is 1. The summed E-state index contributed by atoms with van der Waals surface area (Å²) in [5.41, 5.74) is 6.80. The van der Waals surface area contributed by atoms with Crippen molar-refractivity contribution in [3.8, 4) is 0 Å². The van der Waals surface area contributed by atoms with Crippen LogP contribution in [0.5, 0.6) is 0 Å². The second kappa shape index (κ2) is 6.17. The van der Waals surface area contributed by atoms with Gasteiger partial charge in [0.25, 0.3) is 0 Å². The standard InChI is InChI=1S/C13H17BrN4O2S/c1-9-5-11(14)12(15)6-13(9)21(19,20)17-10(2)7-18-4-3-16-8-18/h3-6,8,10,17H,7,15H2,1-2H3. The molecule has 6 nitrogen and oxygen atoms in total. The molecule has 1 heterocycles. The third kappa shape index (κ3) is 3.84. The zero-order valence-corrected chi connectivity index (χ0v) is 14.1. The van der Waals surface area contributed by atoms with Crippen molar-refractivity contribution >= 4 is 31.6 Å². The highest BCUT2D eigenvalue weighted by molar-refractivity contribution is 9.10. The number of hydrogen-bond donors (Lipinski definition) is 2. The molecule has 0 radical (unpaired) electrons. The summed E-state index contributed by atoms with van der Waals surface area (Å²) in [6.07, 6.45) is 5.09. The lowest BCUT2D eigenvalue weighted by molar-refractivity contribution is 0.520. The van der Waals surface area contributed by atoms with Crippen molar-refractivity contribution in [3.63, 3.8) is 0 Å². The van der Waals surface area contributed by atoms with E-state index in [1.54, 1.807) is 38.6 Å². The van der Waals surface area contributed by atoms with Crippen LogP contribution in [0.2, 0.25) is 0 Å². The Bertz CT molecular complexity index is 729. The molecule has 0 aliphatic heterocycles. The number of sulfonamides is 1. The number of halogens is 1. The van der Waals surface area contributed by atoms with Gasteiger partial charge in [0.2, 0.25) is 10.0 Å². The van der Waals surface area contributed by atoms with Gasteiger partial charge >= 0.3 is 0 Å². The number of nitrogens with zero attached hydrogens (tertiary/aromatic N) is 2. The van der Waals surface area contributed by atoms with Gasteiger partial charge in [-0.15, -0.1) is 0 Å². The fourth-order valence-electron chi connectivity index (χ4n) is 2.03. The minimum Gasteiger partial charge on any atom is -0.398 e. The molecule has 1 aromatic carbocycles. The number of aromatic nitrogens is 2. The van der Waals surface area contributed by atoms with Gasteiger partial charge in [0.1, 0.15) is 0 Å². The molecule has 0 bridgehead atoms. The van der Waals surface area contributed by atoms with Crippen LogP contribution in [0.25, 0.3) is 0 Å². The summed E-state index contributed by atoms with van der Waals surface area (Å²) in [5, 5.41) is 0. The Kier molecular flexibility index (Phi) is 4.70.